The molecule has 1 aliphatic carbocycles. The minimum Gasteiger partial charge on any atom is -0.335 e. The first-order valence-corrected chi connectivity index (χ1v) is 8.19. The molecule has 3 aromatic rings. The van der Waals surface area contributed by atoms with Gasteiger partial charge in [-0.05, 0) is 31.0 Å². The molecule has 0 bridgehead atoms. The van der Waals surface area contributed by atoms with Gasteiger partial charge in [0.1, 0.15) is 5.82 Å². The molecule has 3 aromatic heterocycles. The zero-order valence-electron chi connectivity index (χ0n) is 13.6. The van der Waals surface area contributed by atoms with Crippen LogP contribution in [-0.2, 0) is 0 Å². The van der Waals surface area contributed by atoms with Crippen LogP contribution in [0.15, 0.2) is 48.9 Å². The van der Waals surface area contributed by atoms with E-state index in [1.807, 2.05) is 0 Å². The molecule has 0 radical (unpaired) electrons. The molecule has 0 aliphatic heterocycles. The molecule has 1 amide bonds. The molecule has 1 atom stereocenters. The van der Waals surface area contributed by atoms with Crippen LogP contribution >= 0.6 is 0 Å². The van der Waals surface area contributed by atoms with Gasteiger partial charge in [0.05, 0.1) is 5.52 Å². The number of rotatable bonds is 4. The molecule has 134 valence electrons. The molecule has 1 saturated carbocycles. The fourth-order valence-corrected chi connectivity index (χ4v) is 2.96. The number of alkyl halides is 3. The van der Waals surface area contributed by atoms with Crippen LogP contribution in [-0.4, -0.2) is 26.5 Å². The monoisotopic (exact) mass is 360 g/mol. The van der Waals surface area contributed by atoms with Gasteiger partial charge < -0.3 is 9.72 Å². The number of nitrogens with one attached hydrogen (secondary N) is 1. The van der Waals surface area contributed by atoms with Crippen LogP contribution in [0.2, 0.25) is 0 Å². The molecule has 26 heavy (non-hydrogen) atoms. The van der Waals surface area contributed by atoms with Gasteiger partial charge in [-0.15, -0.1) is 0 Å². The summed E-state index contributed by atoms with van der Waals surface area (Å²) in [6.07, 6.45) is 1.54. The molecule has 8 heteroatoms. The topological polar surface area (TPSA) is 59.3 Å². The lowest BCUT2D eigenvalue weighted by molar-refractivity contribution is -0.155. The lowest BCUT2D eigenvalue weighted by Gasteiger charge is -2.21. The minimum absolute atomic E-state index is 0.00522. The second-order valence-electron chi connectivity index (χ2n) is 6.28. The fraction of sp³-hybridized carbons (Fsp3) is 0.278. The average molecular weight is 360 g/mol. The Morgan fingerprint density at radius 2 is 2.04 bits per heavy atom. The van der Waals surface area contributed by atoms with Gasteiger partial charge in [-0.3, -0.25) is 9.78 Å². The smallest absolute Gasteiger partial charge is 0.335 e. The van der Waals surface area contributed by atoms with Gasteiger partial charge in [0.15, 0.2) is 11.7 Å². The maximum absolute atomic E-state index is 13.5. The third-order valence-corrected chi connectivity index (χ3v) is 4.35. The number of carbonyl (C=O) groups excluding carboxylic acids is 1. The summed E-state index contributed by atoms with van der Waals surface area (Å²) >= 11 is 0. The molecule has 1 aliphatic rings. The SMILES string of the molecule is O=C(NC(c1cccnc1)C(F)(F)F)c1nc(C2CC2)n2ccccc12. The third kappa shape index (κ3) is 3.02. The predicted molar refractivity (Wildman–Crippen MR) is 87.7 cm³/mol. The van der Waals surface area contributed by atoms with E-state index in [9.17, 15) is 18.0 Å². The Bertz CT molecular complexity index is 948. The number of carbonyl (C=O) groups is 1. The number of amides is 1. The van der Waals surface area contributed by atoms with Crippen LogP contribution in [0.4, 0.5) is 13.2 Å². The van der Waals surface area contributed by atoms with Crippen molar-refractivity contribution in [3.8, 4) is 0 Å². The van der Waals surface area contributed by atoms with Gasteiger partial charge in [-0.1, -0.05) is 12.1 Å². The van der Waals surface area contributed by atoms with E-state index < -0.39 is 18.1 Å². The molecule has 0 spiro atoms. The van der Waals surface area contributed by atoms with Gasteiger partial charge in [0.2, 0.25) is 0 Å². The van der Waals surface area contributed by atoms with E-state index >= 15 is 0 Å². The van der Waals surface area contributed by atoms with Crippen LogP contribution in [0, 0.1) is 0 Å². The molecule has 5 nitrogen and oxygen atoms in total. The lowest BCUT2D eigenvalue weighted by Crippen LogP contribution is -2.38. The Morgan fingerprint density at radius 3 is 2.69 bits per heavy atom. The Kier molecular flexibility index (Phi) is 3.90. The molecule has 1 N–H and O–H groups in total. The van der Waals surface area contributed by atoms with E-state index in [1.54, 1.807) is 28.8 Å². The first-order valence-electron chi connectivity index (χ1n) is 8.19. The average Bonchev–Trinajstić information content (AvgIpc) is 3.39. The molecule has 3 heterocycles. The minimum atomic E-state index is -4.65. The summed E-state index contributed by atoms with van der Waals surface area (Å²) in [6, 6.07) is 5.75. The summed E-state index contributed by atoms with van der Waals surface area (Å²) in [5, 5.41) is 2.07. The highest BCUT2D eigenvalue weighted by Gasteiger charge is 2.42. The zero-order chi connectivity index (χ0) is 18.3. The van der Waals surface area contributed by atoms with Crippen molar-refractivity contribution in [2.24, 2.45) is 0 Å². The Hall–Kier alpha value is -2.90. The molecule has 0 saturated heterocycles. The maximum atomic E-state index is 13.5. The van der Waals surface area contributed by atoms with Crippen molar-refractivity contribution in [2.45, 2.75) is 31.0 Å². The lowest BCUT2D eigenvalue weighted by atomic mass is 10.1. The van der Waals surface area contributed by atoms with Crippen molar-refractivity contribution in [3.05, 3.63) is 66.0 Å². The standard InChI is InChI=1S/C18H15F3N4O/c19-18(20,21)15(12-4-3-8-22-10-12)24-17(26)14-13-5-1-2-9-25(13)16(23-14)11-6-7-11/h1-5,8-11,15H,6-7H2,(H,24,26). The summed E-state index contributed by atoms with van der Waals surface area (Å²) in [5.74, 6) is 0.116. The van der Waals surface area contributed by atoms with Crippen LogP contribution in [0.3, 0.4) is 0 Å². The van der Waals surface area contributed by atoms with Crippen molar-refractivity contribution in [3.63, 3.8) is 0 Å². The summed E-state index contributed by atoms with van der Waals surface area (Å²) < 4.78 is 42.2. The van der Waals surface area contributed by atoms with E-state index in [2.05, 4.69) is 15.3 Å². The van der Waals surface area contributed by atoms with Gasteiger partial charge in [-0.25, -0.2) is 4.98 Å². The van der Waals surface area contributed by atoms with Gasteiger partial charge >= 0.3 is 6.18 Å². The van der Waals surface area contributed by atoms with Crippen molar-refractivity contribution in [1.82, 2.24) is 19.7 Å². The Balaban J connectivity index is 1.70. The van der Waals surface area contributed by atoms with Gasteiger partial charge in [0, 0.05) is 30.1 Å². The number of aromatic nitrogens is 3. The van der Waals surface area contributed by atoms with Crippen LogP contribution < -0.4 is 5.32 Å². The normalized spacial score (nSPS) is 15.8. The number of imidazole rings is 1. The number of pyridine rings is 2. The molecule has 0 aromatic carbocycles. The second-order valence-corrected chi connectivity index (χ2v) is 6.28. The van der Waals surface area contributed by atoms with Crippen LogP contribution in [0.5, 0.6) is 0 Å². The number of hydrogen-bond acceptors (Lipinski definition) is 3. The highest BCUT2D eigenvalue weighted by Crippen LogP contribution is 2.40. The summed E-state index contributed by atoms with van der Waals surface area (Å²) in [7, 11) is 0. The number of halogens is 3. The van der Waals surface area contributed by atoms with E-state index in [1.165, 1.54) is 18.3 Å². The Morgan fingerprint density at radius 1 is 1.23 bits per heavy atom. The van der Waals surface area contributed by atoms with Gasteiger partial charge in [-0.2, -0.15) is 13.2 Å². The van der Waals surface area contributed by atoms with Crippen LogP contribution in [0.1, 0.15) is 46.7 Å². The zero-order valence-corrected chi connectivity index (χ0v) is 13.6. The Labute approximate surface area is 146 Å². The van der Waals surface area contributed by atoms with E-state index in [4.69, 9.17) is 0 Å². The number of fused-ring (bicyclic) bond motifs is 1. The first-order chi connectivity index (χ1) is 12.4. The van der Waals surface area contributed by atoms with Crippen molar-refractivity contribution in [1.29, 1.82) is 0 Å². The molecule has 4 rings (SSSR count). The van der Waals surface area contributed by atoms with Crippen LogP contribution in [0.25, 0.3) is 5.52 Å². The molecular weight excluding hydrogens is 345 g/mol. The van der Waals surface area contributed by atoms with E-state index in [0.717, 1.165) is 24.9 Å². The molecule has 1 fully saturated rings. The third-order valence-electron chi connectivity index (χ3n) is 4.35. The highest BCUT2D eigenvalue weighted by atomic mass is 19.4. The quantitative estimate of drug-likeness (QED) is 0.773. The van der Waals surface area contributed by atoms with Gasteiger partial charge in [0.25, 0.3) is 5.91 Å². The number of hydrogen-bond donors (Lipinski definition) is 1. The van der Waals surface area contributed by atoms with Crippen molar-refractivity contribution < 1.29 is 18.0 Å². The molecular formula is C18H15F3N4O. The number of nitrogens with zero attached hydrogens (tertiary/aromatic N) is 3. The fourth-order valence-electron chi connectivity index (χ4n) is 2.96. The van der Waals surface area contributed by atoms with E-state index in [0.29, 0.717) is 5.52 Å². The molecule has 1 unspecified atom stereocenters. The highest BCUT2D eigenvalue weighted by molar-refractivity contribution is 5.99. The van der Waals surface area contributed by atoms with Crippen molar-refractivity contribution >= 4 is 11.4 Å². The first kappa shape index (κ1) is 16.6. The van der Waals surface area contributed by atoms with Crippen molar-refractivity contribution in [2.75, 3.05) is 0 Å². The predicted octanol–water partition coefficient (Wildman–Crippen LogP) is 3.64. The maximum Gasteiger partial charge on any atom is 0.412 e. The second kappa shape index (κ2) is 6.12. The van der Waals surface area contributed by atoms with E-state index in [-0.39, 0.29) is 17.2 Å². The summed E-state index contributed by atoms with van der Waals surface area (Å²) in [5.41, 5.74) is 0.379. The summed E-state index contributed by atoms with van der Waals surface area (Å²) in [6.45, 7) is 0. The largest absolute Gasteiger partial charge is 0.412 e. The summed E-state index contributed by atoms with van der Waals surface area (Å²) in [4.78, 5) is 20.7.